The highest BCUT2D eigenvalue weighted by molar-refractivity contribution is 5.70. The maximum absolute atomic E-state index is 12.5. The fourth-order valence-corrected chi connectivity index (χ4v) is 8.81. The SMILES string of the molecule is CCCCCCCCCCCCCCCCOCC(CO)(COCCOCCOCCO[C@H]1O[C@H](COC(C)=O)[C@@H](OC(C)=O)[C@H](OC(C)=O)[C@@H]1OC(C)=O)CO[C@H]1O[C@H](COC(C)=O)[C@@H](OC(C)=O)[C@H](OC(C)=O)[C@@H]1OC(C)=O. The minimum Gasteiger partial charge on any atom is -0.463 e. The first kappa shape index (κ1) is 71.5. The van der Waals surface area contributed by atoms with Crippen LogP contribution in [0.5, 0.6) is 0 Å². The van der Waals surface area contributed by atoms with Crippen LogP contribution in [0.15, 0.2) is 0 Å². The summed E-state index contributed by atoms with van der Waals surface area (Å²) in [7, 11) is 0. The lowest BCUT2D eigenvalue weighted by Gasteiger charge is -2.45. The Bertz CT molecular complexity index is 1810. The summed E-state index contributed by atoms with van der Waals surface area (Å²) in [5.41, 5.74) is -1.24. The third-order valence-corrected chi connectivity index (χ3v) is 12.5. The highest BCUT2D eigenvalue weighted by atomic mass is 16.8. The van der Waals surface area contributed by atoms with E-state index in [1.807, 2.05) is 0 Å². The number of hydrogen-bond donors (Lipinski definition) is 1. The van der Waals surface area contributed by atoms with Gasteiger partial charge in [-0.3, -0.25) is 38.4 Å². The minimum absolute atomic E-state index is 0.00927. The molecule has 0 saturated carbocycles. The lowest BCUT2D eigenvalue weighted by atomic mass is 9.92. The molecule has 2 saturated heterocycles. The van der Waals surface area contributed by atoms with Crippen LogP contribution >= 0.6 is 0 Å². The largest absolute Gasteiger partial charge is 0.463 e. The number of rotatable bonds is 43. The van der Waals surface area contributed by atoms with Crippen LogP contribution in [0.2, 0.25) is 0 Å². The van der Waals surface area contributed by atoms with Crippen molar-refractivity contribution in [1.82, 2.24) is 0 Å². The topological polar surface area (TPSA) is 304 Å². The van der Waals surface area contributed by atoms with Crippen molar-refractivity contribution in [1.29, 1.82) is 0 Å². The Labute approximate surface area is 470 Å². The van der Waals surface area contributed by atoms with Gasteiger partial charge in [0.05, 0.1) is 71.5 Å². The van der Waals surface area contributed by atoms with E-state index in [0.29, 0.717) is 6.61 Å². The molecule has 0 aromatic heterocycles. The number of carbonyl (C=O) groups is 8. The van der Waals surface area contributed by atoms with E-state index in [1.165, 1.54) is 64.2 Å². The Morgan fingerprint density at radius 1 is 0.362 bits per heavy atom. The molecule has 2 aliphatic rings. The summed E-state index contributed by atoms with van der Waals surface area (Å²) in [6.45, 7) is 9.99. The maximum Gasteiger partial charge on any atom is 0.303 e. The van der Waals surface area contributed by atoms with Gasteiger partial charge < -0.3 is 80.9 Å². The van der Waals surface area contributed by atoms with E-state index in [4.69, 9.17) is 75.8 Å². The molecule has 25 nitrogen and oxygen atoms in total. The number of carbonyl (C=O) groups excluding carboxylic acids is 8. The molecule has 25 heteroatoms. The van der Waals surface area contributed by atoms with Crippen molar-refractivity contribution >= 4 is 47.8 Å². The number of esters is 8. The van der Waals surface area contributed by atoms with Crippen molar-refractivity contribution in [2.24, 2.45) is 5.41 Å². The highest BCUT2D eigenvalue weighted by Crippen LogP contribution is 2.33. The predicted octanol–water partition coefficient (Wildman–Crippen LogP) is 4.71. The molecule has 2 heterocycles. The molecule has 0 amide bonds. The van der Waals surface area contributed by atoms with Crippen molar-refractivity contribution < 1.29 is 119 Å². The van der Waals surface area contributed by atoms with Crippen molar-refractivity contribution in [2.75, 3.05) is 85.9 Å². The van der Waals surface area contributed by atoms with E-state index >= 15 is 0 Å². The molecule has 80 heavy (non-hydrogen) atoms. The van der Waals surface area contributed by atoms with Gasteiger partial charge in [-0.25, -0.2) is 0 Å². The van der Waals surface area contributed by atoms with Crippen molar-refractivity contribution in [3.8, 4) is 0 Å². The van der Waals surface area contributed by atoms with Crippen LogP contribution in [0.1, 0.15) is 152 Å². The molecule has 0 aromatic carbocycles. The molecule has 0 aliphatic carbocycles. The Morgan fingerprint density at radius 2 is 0.688 bits per heavy atom. The lowest BCUT2D eigenvalue weighted by molar-refractivity contribution is -0.315. The summed E-state index contributed by atoms with van der Waals surface area (Å²) in [6.07, 6.45) is 2.98. The van der Waals surface area contributed by atoms with Gasteiger partial charge in [0, 0.05) is 62.0 Å². The normalized spacial score (nSPS) is 23.4. The molecule has 2 rings (SSSR count). The fraction of sp³-hybridized carbons (Fsp3) is 0.855. The second kappa shape index (κ2) is 41.4. The first-order chi connectivity index (χ1) is 38.2. The molecule has 2 fully saturated rings. The van der Waals surface area contributed by atoms with Crippen LogP contribution in [0, 0.1) is 5.41 Å². The van der Waals surface area contributed by atoms with Crippen LogP contribution in [-0.2, 0) is 114 Å². The molecule has 1 N–H and O–H groups in total. The molecule has 462 valence electrons. The third kappa shape index (κ3) is 30.5. The lowest BCUT2D eigenvalue weighted by Crippen LogP contribution is -2.63. The monoisotopic (exact) mass is 1150 g/mol. The molecule has 0 spiro atoms. The van der Waals surface area contributed by atoms with E-state index in [-0.39, 0.29) is 59.5 Å². The van der Waals surface area contributed by atoms with Crippen molar-refractivity contribution in [3.63, 3.8) is 0 Å². The van der Waals surface area contributed by atoms with Gasteiger partial charge in [-0.05, 0) is 6.42 Å². The molecule has 0 aromatic rings. The minimum atomic E-state index is -1.51. The van der Waals surface area contributed by atoms with Gasteiger partial charge >= 0.3 is 47.8 Å². The quantitative estimate of drug-likeness (QED) is 0.0491. The van der Waals surface area contributed by atoms with E-state index < -0.39 is 134 Å². The summed E-state index contributed by atoms with van der Waals surface area (Å²) in [6, 6.07) is 0. The van der Waals surface area contributed by atoms with Gasteiger partial charge in [-0.1, -0.05) is 90.4 Å². The van der Waals surface area contributed by atoms with E-state index in [9.17, 15) is 43.5 Å². The molecule has 11 atom stereocenters. The van der Waals surface area contributed by atoms with Gasteiger partial charge in [-0.15, -0.1) is 0 Å². The van der Waals surface area contributed by atoms with Crippen LogP contribution in [0.3, 0.4) is 0 Å². The highest BCUT2D eigenvalue weighted by Gasteiger charge is 2.54. The van der Waals surface area contributed by atoms with Gasteiger partial charge in [-0.2, -0.15) is 0 Å². The number of aliphatic hydroxyl groups excluding tert-OH is 1. The fourth-order valence-electron chi connectivity index (χ4n) is 8.81. The van der Waals surface area contributed by atoms with Crippen LogP contribution < -0.4 is 0 Å². The summed E-state index contributed by atoms with van der Waals surface area (Å²) in [5, 5.41) is 11.0. The van der Waals surface area contributed by atoms with E-state index in [2.05, 4.69) is 6.92 Å². The standard InChI is InChI=1S/C55H92O25/c1-10-11-12-13-14-15-16-17-18-19-20-21-22-23-24-67-34-55(33-56,36-72-54-52(78-44(9)64)50(76-42(7)62)48(74-40(5)60)46(80-54)32-71-38(3)58)35-68-28-27-65-25-26-66-29-30-69-53-51(77-43(8)63)49(75-41(6)61)47(73-39(4)59)45(79-53)31-70-37(2)57/h45-54,56H,10-36H2,1-9H3/t45-,46-,47-,48-,49+,50+,51+,52+,53+,54+,55?/m1/s1. The molecule has 2 aliphatic heterocycles. The predicted molar refractivity (Wildman–Crippen MR) is 279 cm³/mol. The Kier molecular flexibility index (Phi) is 37.0. The van der Waals surface area contributed by atoms with Crippen LogP contribution in [0.4, 0.5) is 0 Å². The zero-order valence-electron chi connectivity index (χ0n) is 48.6. The summed E-state index contributed by atoms with van der Waals surface area (Å²) in [5.74, 6) is -6.06. The molecule has 1 unspecified atom stereocenters. The number of aliphatic hydroxyl groups is 1. The zero-order chi connectivity index (χ0) is 59.3. The average molecular weight is 1150 g/mol. The van der Waals surface area contributed by atoms with E-state index in [1.54, 1.807) is 0 Å². The van der Waals surface area contributed by atoms with Gasteiger partial charge in [0.25, 0.3) is 0 Å². The van der Waals surface area contributed by atoms with Crippen molar-refractivity contribution in [3.05, 3.63) is 0 Å². The third-order valence-electron chi connectivity index (χ3n) is 12.5. The number of hydrogen-bond acceptors (Lipinski definition) is 25. The number of ether oxygens (including phenoxy) is 16. The Morgan fingerprint density at radius 3 is 1.06 bits per heavy atom. The average Bonchev–Trinajstić information content (AvgIpc) is 3.52. The second-order valence-electron chi connectivity index (χ2n) is 19.9. The van der Waals surface area contributed by atoms with Gasteiger partial charge in [0.15, 0.2) is 49.2 Å². The first-order valence-electron chi connectivity index (χ1n) is 28.0. The van der Waals surface area contributed by atoms with E-state index in [0.717, 1.165) is 81.1 Å². The molecule has 0 bridgehead atoms. The smallest absolute Gasteiger partial charge is 0.303 e. The van der Waals surface area contributed by atoms with Gasteiger partial charge in [0.2, 0.25) is 0 Å². The summed E-state index contributed by atoms with van der Waals surface area (Å²) in [4.78, 5) is 96.9. The summed E-state index contributed by atoms with van der Waals surface area (Å²) >= 11 is 0. The van der Waals surface area contributed by atoms with Gasteiger partial charge in [0.1, 0.15) is 25.4 Å². The van der Waals surface area contributed by atoms with Crippen molar-refractivity contribution in [2.45, 2.75) is 214 Å². The Hall–Kier alpha value is -4.60. The molecule has 0 radical (unpaired) electrons. The number of unbranched alkanes of at least 4 members (excludes halogenated alkanes) is 13. The Balaban J connectivity index is 2.07. The molecular weight excluding hydrogens is 1060 g/mol. The second-order valence-corrected chi connectivity index (χ2v) is 19.9. The molecular formula is C55H92O25. The maximum atomic E-state index is 12.5. The first-order valence-corrected chi connectivity index (χ1v) is 28.0. The van der Waals surface area contributed by atoms with Crippen LogP contribution in [0.25, 0.3) is 0 Å². The van der Waals surface area contributed by atoms with Crippen LogP contribution in [-0.4, -0.2) is 200 Å². The summed E-state index contributed by atoms with van der Waals surface area (Å²) < 4.78 is 90.8. The zero-order valence-corrected chi connectivity index (χ0v) is 48.6.